The fraction of sp³-hybridized carbons (Fsp3) is 1.00. The standard InChI is InChI=1S/C11H19NO3/c1-12-9-2-11(13,8-4-14-5-8)3-10(12)7-15-6-9/h8-10,13H,2-7H2,1H3. The number of piperidine rings is 1. The van der Waals surface area contributed by atoms with E-state index in [1.807, 2.05) is 0 Å². The third-order valence-electron chi connectivity index (χ3n) is 4.35. The average Bonchev–Trinajstić information content (AvgIpc) is 2.04. The second-order valence-corrected chi connectivity index (χ2v) is 5.26. The second kappa shape index (κ2) is 3.42. The lowest BCUT2D eigenvalue weighted by Gasteiger charge is -2.54. The molecule has 0 amide bonds. The van der Waals surface area contributed by atoms with Crippen molar-refractivity contribution >= 4 is 0 Å². The van der Waals surface area contributed by atoms with Crippen LogP contribution in [0.4, 0.5) is 0 Å². The molecule has 0 radical (unpaired) electrons. The Morgan fingerprint density at radius 1 is 1.07 bits per heavy atom. The minimum atomic E-state index is -0.496. The van der Waals surface area contributed by atoms with Crippen LogP contribution in [0.25, 0.3) is 0 Å². The first-order chi connectivity index (χ1) is 7.19. The first-order valence-corrected chi connectivity index (χ1v) is 5.79. The Morgan fingerprint density at radius 2 is 1.60 bits per heavy atom. The van der Waals surface area contributed by atoms with E-state index in [2.05, 4.69) is 11.9 Å². The number of aliphatic hydroxyl groups is 1. The third-order valence-corrected chi connectivity index (χ3v) is 4.35. The summed E-state index contributed by atoms with van der Waals surface area (Å²) < 4.78 is 10.7. The molecule has 3 aliphatic rings. The van der Waals surface area contributed by atoms with E-state index < -0.39 is 5.60 Å². The van der Waals surface area contributed by atoms with Crippen LogP contribution >= 0.6 is 0 Å². The molecule has 3 rings (SSSR count). The first kappa shape index (κ1) is 10.0. The normalized spacial score (nSPS) is 47.6. The van der Waals surface area contributed by atoms with Crippen molar-refractivity contribution in [2.75, 3.05) is 33.5 Å². The molecule has 0 saturated carbocycles. The summed E-state index contributed by atoms with van der Waals surface area (Å²) in [6.45, 7) is 3.01. The van der Waals surface area contributed by atoms with Gasteiger partial charge in [0.15, 0.2) is 0 Å². The highest BCUT2D eigenvalue weighted by Crippen LogP contribution is 2.40. The van der Waals surface area contributed by atoms with E-state index >= 15 is 0 Å². The van der Waals surface area contributed by atoms with Gasteiger partial charge in [-0.25, -0.2) is 0 Å². The van der Waals surface area contributed by atoms with Crippen LogP contribution in [0.3, 0.4) is 0 Å². The maximum Gasteiger partial charge on any atom is 0.0751 e. The van der Waals surface area contributed by atoms with Gasteiger partial charge in [0, 0.05) is 18.0 Å². The van der Waals surface area contributed by atoms with Crippen molar-refractivity contribution in [2.24, 2.45) is 5.92 Å². The predicted molar refractivity (Wildman–Crippen MR) is 54.7 cm³/mol. The summed E-state index contributed by atoms with van der Waals surface area (Å²) in [6.07, 6.45) is 1.68. The number of rotatable bonds is 1. The number of hydrogen-bond acceptors (Lipinski definition) is 4. The number of hydrogen-bond donors (Lipinski definition) is 1. The molecule has 4 nitrogen and oxygen atoms in total. The monoisotopic (exact) mass is 213 g/mol. The van der Waals surface area contributed by atoms with Gasteiger partial charge < -0.3 is 14.6 Å². The van der Waals surface area contributed by atoms with E-state index in [0.29, 0.717) is 18.0 Å². The maximum absolute atomic E-state index is 10.7. The van der Waals surface area contributed by atoms with Crippen molar-refractivity contribution in [1.29, 1.82) is 0 Å². The average molecular weight is 213 g/mol. The highest BCUT2D eigenvalue weighted by atomic mass is 16.5. The summed E-state index contributed by atoms with van der Waals surface area (Å²) in [5.41, 5.74) is -0.496. The Balaban J connectivity index is 1.77. The Labute approximate surface area is 90.2 Å². The zero-order chi connectivity index (χ0) is 10.5. The molecule has 2 atom stereocenters. The van der Waals surface area contributed by atoms with Crippen LogP contribution in [0.5, 0.6) is 0 Å². The largest absolute Gasteiger partial charge is 0.389 e. The fourth-order valence-electron chi connectivity index (χ4n) is 3.06. The predicted octanol–water partition coefficient (Wildman–Crippen LogP) is -0.143. The van der Waals surface area contributed by atoms with Gasteiger partial charge in [0.25, 0.3) is 0 Å². The maximum atomic E-state index is 10.7. The first-order valence-electron chi connectivity index (χ1n) is 5.79. The van der Waals surface area contributed by atoms with Gasteiger partial charge in [-0.05, 0) is 19.9 Å². The SMILES string of the molecule is CN1C2COCC1CC(O)(C1COC1)C2. The number of ether oxygens (including phenoxy) is 2. The van der Waals surface area contributed by atoms with Crippen molar-refractivity contribution in [3.05, 3.63) is 0 Å². The fourth-order valence-corrected chi connectivity index (χ4v) is 3.06. The van der Waals surface area contributed by atoms with Gasteiger partial charge in [-0.1, -0.05) is 0 Å². The summed E-state index contributed by atoms with van der Waals surface area (Å²) in [7, 11) is 2.15. The smallest absolute Gasteiger partial charge is 0.0751 e. The summed E-state index contributed by atoms with van der Waals surface area (Å²) in [6, 6.07) is 0.784. The lowest BCUT2D eigenvalue weighted by molar-refractivity contribution is -0.203. The molecule has 0 aliphatic carbocycles. The molecular weight excluding hydrogens is 194 g/mol. The van der Waals surface area contributed by atoms with Gasteiger partial charge in [-0.3, -0.25) is 4.90 Å². The van der Waals surface area contributed by atoms with Crippen molar-refractivity contribution in [2.45, 2.75) is 30.5 Å². The molecule has 3 aliphatic heterocycles. The third kappa shape index (κ3) is 1.51. The van der Waals surface area contributed by atoms with E-state index in [0.717, 1.165) is 39.3 Å². The number of likely N-dealkylation sites (N-methyl/N-ethyl adjacent to an activating group) is 1. The quantitative estimate of drug-likeness (QED) is 0.658. The van der Waals surface area contributed by atoms with Gasteiger partial charge in [-0.2, -0.15) is 0 Å². The molecule has 0 aromatic rings. The lowest BCUT2D eigenvalue weighted by Crippen LogP contribution is -2.64. The van der Waals surface area contributed by atoms with E-state index in [4.69, 9.17) is 9.47 Å². The van der Waals surface area contributed by atoms with Crippen molar-refractivity contribution in [3.63, 3.8) is 0 Å². The minimum absolute atomic E-state index is 0.356. The zero-order valence-corrected chi connectivity index (χ0v) is 9.19. The van der Waals surface area contributed by atoms with E-state index in [1.54, 1.807) is 0 Å². The molecule has 15 heavy (non-hydrogen) atoms. The van der Waals surface area contributed by atoms with Crippen molar-refractivity contribution in [3.8, 4) is 0 Å². The lowest BCUT2D eigenvalue weighted by atomic mass is 9.73. The molecule has 0 aromatic carbocycles. The number of morpholine rings is 1. The van der Waals surface area contributed by atoms with Crippen LogP contribution in [-0.2, 0) is 9.47 Å². The molecule has 2 bridgehead atoms. The molecule has 86 valence electrons. The molecular formula is C11H19NO3. The second-order valence-electron chi connectivity index (χ2n) is 5.26. The van der Waals surface area contributed by atoms with Crippen LogP contribution in [-0.4, -0.2) is 61.2 Å². The molecule has 3 saturated heterocycles. The van der Waals surface area contributed by atoms with Crippen LogP contribution < -0.4 is 0 Å². The molecule has 0 spiro atoms. The van der Waals surface area contributed by atoms with Gasteiger partial charge in [0.05, 0.1) is 32.0 Å². The highest BCUT2D eigenvalue weighted by Gasteiger charge is 2.50. The topological polar surface area (TPSA) is 41.9 Å². The van der Waals surface area contributed by atoms with Crippen LogP contribution in [0, 0.1) is 5.92 Å². The molecule has 0 aromatic heterocycles. The van der Waals surface area contributed by atoms with Crippen LogP contribution in [0.1, 0.15) is 12.8 Å². The summed E-state index contributed by atoms with van der Waals surface area (Å²) in [5, 5.41) is 10.7. The summed E-state index contributed by atoms with van der Waals surface area (Å²) in [5.74, 6) is 0.356. The summed E-state index contributed by atoms with van der Waals surface area (Å²) in [4.78, 5) is 2.37. The molecule has 3 heterocycles. The van der Waals surface area contributed by atoms with Crippen molar-refractivity contribution < 1.29 is 14.6 Å². The van der Waals surface area contributed by atoms with Gasteiger partial charge in [0.1, 0.15) is 0 Å². The van der Waals surface area contributed by atoms with Crippen molar-refractivity contribution in [1.82, 2.24) is 4.90 Å². The highest BCUT2D eigenvalue weighted by molar-refractivity contribution is 5.02. The Kier molecular flexibility index (Phi) is 2.28. The Bertz CT molecular complexity index is 240. The van der Waals surface area contributed by atoms with E-state index in [9.17, 15) is 5.11 Å². The summed E-state index contributed by atoms with van der Waals surface area (Å²) >= 11 is 0. The number of fused-ring (bicyclic) bond motifs is 2. The molecule has 4 heteroatoms. The van der Waals surface area contributed by atoms with Gasteiger partial charge in [0.2, 0.25) is 0 Å². The Morgan fingerprint density at radius 3 is 2.07 bits per heavy atom. The minimum Gasteiger partial charge on any atom is -0.389 e. The Hall–Kier alpha value is -0.160. The zero-order valence-electron chi connectivity index (χ0n) is 9.19. The molecule has 3 fully saturated rings. The molecule has 2 unspecified atom stereocenters. The van der Waals surface area contributed by atoms with Gasteiger partial charge >= 0.3 is 0 Å². The number of nitrogens with zero attached hydrogens (tertiary/aromatic N) is 1. The van der Waals surface area contributed by atoms with Crippen LogP contribution in [0.2, 0.25) is 0 Å². The van der Waals surface area contributed by atoms with Gasteiger partial charge in [-0.15, -0.1) is 0 Å². The van der Waals surface area contributed by atoms with Crippen LogP contribution in [0.15, 0.2) is 0 Å². The van der Waals surface area contributed by atoms with E-state index in [1.165, 1.54) is 0 Å². The molecule has 1 N–H and O–H groups in total. The van der Waals surface area contributed by atoms with E-state index in [-0.39, 0.29) is 0 Å².